The highest BCUT2D eigenvalue weighted by atomic mass is 16.6. The van der Waals surface area contributed by atoms with Crippen LogP contribution in [0.5, 0.6) is 11.5 Å². The van der Waals surface area contributed by atoms with Crippen molar-refractivity contribution in [1.29, 1.82) is 0 Å². The summed E-state index contributed by atoms with van der Waals surface area (Å²) in [6.45, 7) is 0.400. The molecule has 4 rings (SSSR count). The van der Waals surface area contributed by atoms with Gasteiger partial charge >= 0.3 is 5.97 Å². The Kier molecular flexibility index (Phi) is 4.32. The van der Waals surface area contributed by atoms with E-state index in [0.29, 0.717) is 18.1 Å². The van der Waals surface area contributed by atoms with Crippen LogP contribution in [0.2, 0.25) is 0 Å². The molecule has 5 nitrogen and oxygen atoms in total. The molecule has 2 heterocycles. The molecule has 2 saturated heterocycles. The summed E-state index contributed by atoms with van der Waals surface area (Å²) in [5.74, 6) is 0.0391. The van der Waals surface area contributed by atoms with Crippen LogP contribution in [0.1, 0.15) is 35.2 Å². The Morgan fingerprint density at radius 1 is 1.12 bits per heavy atom. The smallest absolute Gasteiger partial charge is 0.335 e. The second-order valence-electron chi connectivity index (χ2n) is 6.51. The molecule has 1 N–H and O–H groups in total. The quantitative estimate of drug-likeness (QED) is 0.869. The van der Waals surface area contributed by atoms with E-state index in [2.05, 4.69) is 0 Å². The fourth-order valence-corrected chi connectivity index (χ4v) is 3.47. The van der Waals surface area contributed by atoms with E-state index in [9.17, 15) is 9.90 Å². The van der Waals surface area contributed by atoms with Crippen LogP contribution < -0.4 is 9.47 Å². The van der Waals surface area contributed by atoms with E-state index in [1.807, 2.05) is 30.3 Å². The van der Waals surface area contributed by atoms with Crippen LogP contribution in [0.3, 0.4) is 0 Å². The van der Waals surface area contributed by atoms with Crippen LogP contribution >= 0.6 is 0 Å². The van der Waals surface area contributed by atoms with Crippen LogP contribution in [-0.4, -0.2) is 29.4 Å². The van der Waals surface area contributed by atoms with Crippen molar-refractivity contribution in [3.63, 3.8) is 0 Å². The van der Waals surface area contributed by atoms with E-state index in [4.69, 9.17) is 14.2 Å². The molecule has 0 saturated carbocycles. The number of carboxylic acids is 1. The van der Waals surface area contributed by atoms with Crippen molar-refractivity contribution in [2.24, 2.45) is 0 Å². The highest BCUT2D eigenvalue weighted by Crippen LogP contribution is 2.39. The molecule has 2 aromatic rings. The van der Waals surface area contributed by atoms with Gasteiger partial charge in [-0.05, 0) is 36.6 Å². The van der Waals surface area contributed by atoms with Crippen LogP contribution in [0.25, 0.3) is 0 Å². The van der Waals surface area contributed by atoms with Crippen LogP contribution in [0, 0.1) is 0 Å². The fraction of sp³-hybridized carbons (Fsp3) is 0.350. The lowest BCUT2D eigenvalue weighted by molar-refractivity contribution is 0.0621. The molecule has 2 aliphatic heterocycles. The molecule has 0 radical (unpaired) electrons. The lowest BCUT2D eigenvalue weighted by Gasteiger charge is -2.22. The number of rotatable bonds is 6. The number of hydrogen-bond acceptors (Lipinski definition) is 4. The molecule has 0 spiro atoms. The summed E-state index contributed by atoms with van der Waals surface area (Å²) < 4.78 is 17.8. The molecule has 2 aliphatic rings. The first kappa shape index (κ1) is 16.0. The minimum atomic E-state index is -0.983. The SMILES string of the molecule is O=C(O)c1ccc(OCc2ccccc2)c(OC2CC3CCC2O3)c1. The van der Waals surface area contributed by atoms with E-state index in [0.717, 1.165) is 24.8 Å². The molecule has 2 fully saturated rings. The number of aromatic carboxylic acids is 1. The minimum Gasteiger partial charge on any atom is -0.485 e. The Labute approximate surface area is 146 Å². The maximum Gasteiger partial charge on any atom is 0.335 e. The molecule has 3 unspecified atom stereocenters. The third-order valence-electron chi connectivity index (χ3n) is 4.76. The Morgan fingerprint density at radius 2 is 1.96 bits per heavy atom. The molecule has 25 heavy (non-hydrogen) atoms. The maximum absolute atomic E-state index is 11.3. The second-order valence-corrected chi connectivity index (χ2v) is 6.51. The van der Waals surface area contributed by atoms with Crippen molar-refractivity contribution in [1.82, 2.24) is 0 Å². The molecule has 2 aromatic carbocycles. The summed E-state index contributed by atoms with van der Waals surface area (Å²) in [5.41, 5.74) is 1.23. The number of benzene rings is 2. The first-order chi connectivity index (χ1) is 12.2. The normalized spacial score (nSPS) is 24.2. The van der Waals surface area contributed by atoms with Gasteiger partial charge in [-0.2, -0.15) is 0 Å². The van der Waals surface area contributed by atoms with Gasteiger partial charge in [0.15, 0.2) is 11.5 Å². The first-order valence-electron chi connectivity index (χ1n) is 8.55. The number of ether oxygens (including phenoxy) is 3. The topological polar surface area (TPSA) is 65.0 Å². The average molecular weight is 340 g/mol. The van der Waals surface area contributed by atoms with Gasteiger partial charge in [0.25, 0.3) is 0 Å². The van der Waals surface area contributed by atoms with Gasteiger partial charge in [0.05, 0.1) is 17.8 Å². The van der Waals surface area contributed by atoms with E-state index >= 15 is 0 Å². The third-order valence-corrected chi connectivity index (χ3v) is 4.76. The summed E-state index contributed by atoms with van der Waals surface area (Å²) in [4.78, 5) is 11.3. The first-order valence-corrected chi connectivity index (χ1v) is 8.55. The van der Waals surface area contributed by atoms with Gasteiger partial charge in [-0.1, -0.05) is 30.3 Å². The van der Waals surface area contributed by atoms with Crippen molar-refractivity contribution >= 4 is 5.97 Å². The molecule has 0 aromatic heterocycles. The zero-order chi connectivity index (χ0) is 17.2. The van der Waals surface area contributed by atoms with Gasteiger partial charge < -0.3 is 19.3 Å². The number of fused-ring (bicyclic) bond motifs is 2. The lowest BCUT2D eigenvalue weighted by atomic mass is 9.98. The van der Waals surface area contributed by atoms with Crippen LogP contribution in [0.15, 0.2) is 48.5 Å². The molecule has 3 atom stereocenters. The van der Waals surface area contributed by atoms with E-state index in [1.54, 1.807) is 6.07 Å². The highest BCUT2D eigenvalue weighted by molar-refractivity contribution is 5.88. The number of carbonyl (C=O) groups is 1. The zero-order valence-corrected chi connectivity index (χ0v) is 13.8. The Balaban J connectivity index is 1.53. The molecule has 5 heteroatoms. The molecule has 0 amide bonds. The third kappa shape index (κ3) is 3.46. The summed E-state index contributed by atoms with van der Waals surface area (Å²) >= 11 is 0. The standard InChI is InChI=1S/C20H20O5/c21-20(22)14-6-8-16(23-12-13-4-2-1-3-5-13)18(10-14)25-19-11-15-7-9-17(19)24-15/h1-6,8,10,15,17,19H,7,9,11-12H2,(H,21,22). The Bertz CT molecular complexity index is 758. The largest absolute Gasteiger partial charge is 0.485 e. The van der Waals surface area contributed by atoms with Crippen molar-refractivity contribution in [2.45, 2.75) is 44.2 Å². The zero-order valence-electron chi connectivity index (χ0n) is 13.8. The van der Waals surface area contributed by atoms with Crippen molar-refractivity contribution < 1.29 is 24.1 Å². The van der Waals surface area contributed by atoms with Gasteiger partial charge in [0.1, 0.15) is 12.7 Å². The summed E-state index contributed by atoms with van der Waals surface area (Å²) in [6.07, 6.45) is 3.25. The van der Waals surface area contributed by atoms with Crippen LogP contribution in [0.4, 0.5) is 0 Å². The molecular formula is C20H20O5. The van der Waals surface area contributed by atoms with Crippen molar-refractivity contribution in [2.75, 3.05) is 0 Å². The summed E-state index contributed by atoms with van der Waals surface area (Å²) in [6, 6.07) is 14.6. The van der Waals surface area contributed by atoms with Gasteiger partial charge in [-0.25, -0.2) is 4.79 Å². The molecule has 130 valence electrons. The molecule has 2 bridgehead atoms. The predicted octanol–water partition coefficient (Wildman–Crippen LogP) is 3.66. The maximum atomic E-state index is 11.3. The van der Waals surface area contributed by atoms with E-state index in [1.165, 1.54) is 12.1 Å². The summed E-state index contributed by atoms with van der Waals surface area (Å²) in [5, 5.41) is 9.25. The fourth-order valence-electron chi connectivity index (χ4n) is 3.47. The second kappa shape index (κ2) is 6.76. The highest BCUT2D eigenvalue weighted by Gasteiger charge is 2.42. The van der Waals surface area contributed by atoms with Crippen molar-refractivity contribution in [3.8, 4) is 11.5 Å². The minimum absolute atomic E-state index is 0.0399. The van der Waals surface area contributed by atoms with Gasteiger partial charge in [-0.15, -0.1) is 0 Å². The number of carboxylic acid groups (broad SMARTS) is 1. The Hall–Kier alpha value is -2.53. The molecular weight excluding hydrogens is 320 g/mol. The Morgan fingerprint density at radius 3 is 2.64 bits per heavy atom. The lowest BCUT2D eigenvalue weighted by Crippen LogP contribution is -2.28. The van der Waals surface area contributed by atoms with Crippen LogP contribution in [-0.2, 0) is 11.3 Å². The molecule has 0 aliphatic carbocycles. The summed E-state index contributed by atoms with van der Waals surface area (Å²) in [7, 11) is 0. The number of hydrogen-bond donors (Lipinski definition) is 1. The van der Waals surface area contributed by atoms with Gasteiger partial charge in [0, 0.05) is 6.42 Å². The predicted molar refractivity (Wildman–Crippen MR) is 91.1 cm³/mol. The average Bonchev–Trinajstić information content (AvgIpc) is 3.24. The van der Waals surface area contributed by atoms with Gasteiger partial charge in [-0.3, -0.25) is 0 Å². The van der Waals surface area contributed by atoms with Gasteiger partial charge in [0.2, 0.25) is 0 Å². The van der Waals surface area contributed by atoms with E-state index in [-0.39, 0.29) is 23.9 Å². The van der Waals surface area contributed by atoms with E-state index < -0.39 is 5.97 Å². The van der Waals surface area contributed by atoms with Crippen molar-refractivity contribution in [3.05, 3.63) is 59.7 Å². The monoisotopic (exact) mass is 340 g/mol.